The smallest absolute Gasteiger partial charge is 0.348 e. The summed E-state index contributed by atoms with van der Waals surface area (Å²) in [6.07, 6.45) is 1.20. The Labute approximate surface area is 200 Å². The van der Waals surface area contributed by atoms with Crippen LogP contribution in [0, 0.1) is 5.92 Å². The van der Waals surface area contributed by atoms with Crippen LogP contribution in [0.5, 0.6) is 0 Å². The Hall–Kier alpha value is -3.28. The number of ether oxygens (including phenoxy) is 2. The number of fused-ring (bicyclic) bond motifs is 1. The number of hydrogen-bond acceptors (Lipinski definition) is 8. The van der Waals surface area contributed by atoms with Crippen molar-refractivity contribution in [2.45, 2.75) is 38.0 Å². The van der Waals surface area contributed by atoms with E-state index in [1.807, 2.05) is 6.92 Å². The molecule has 0 aliphatic rings. The summed E-state index contributed by atoms with van der Waals surface area (Å²) >= 11 is 5.94. The van der Waals surface area contributed by atoms with Crippen LogP contribution in [0.15, 0.2) is 36.7 Å². The molecule has 0 aliphatic carbocycles. The number of carboxylic acid groups (broad SMARTS) is 2. The number of anilines is 1. The van der Waals surface area contributed by atoms with Gasteiger partial charge in [0.1, 0.15) is 5.52 Å². The second-order valence-electron chi connectivity index (χ2n) is 7.80. The molecule has 0 saturated carbocycles. The summed E-state index contributed by atoms with van der Waals surface area (Å²) in [6, 6.07) is 8.45. The van der Waals surface area contributed by atoms with Crippen LogP contribution in [-0.4, -0.2) is 67.1 Å². The van der Waals surface area contributed by atoms with Crippen LogP contribution in [0.3, 0.4) is 0 Å². The predicted molar refractivity (Wildman–Crippen MR) is 123 cm³/mol. The topological polar surface area (TPSA) is 163 Å². The van der Waals surface area contributed by atoms with Crippen molar-refractivity contribution < 1.29 is 29.3 Å². The van der Waals surface area contributed by atoms with Crippen molar-refractivity contribution in [3.8, 4) is 0 Å². The fourth-order valence-corrected chi connectivity index (χ4v) is 3.93. The molecular weight excluding hydrogens is 466 g/mol. The number of imidazole rings is 1. The molecule has 0 bridgehead atoms. The first-order valence-corrected chi connectivity index (χ1v) is 10.9. The molecule has 11 nitrogen and oxygen atoms in total. The van der Waals surface area contributed by atoms with Crippen LogP contribution in [0.25, 0.3) is 11.2 Å². The highest BCUT2D eigenvalue weighted by Crippen LogP contribution is 2.25. The third-order valence-electron chi connectivity index (χ3n) is 5.73. The minimum atomic E-state index is -2.46. The zero-order chi connectivity index (χ0) is 24.9. The Morgan fingerprint density at radius 1 is 1.21 bits per heavy atom. The number of aliphatic carboxylic acids is 2. The molecule has 3 aromatic rings. The number of aromatic nitrogens is 4. The summed E-state index contributed by atoms with van der Waals surface area (Å²) in [5.74, 6) is -3.22. The number of nitrogens with zero attached hydrogens (tertiary/aromatic N) is 4. The third-order valence-corrected chi connectivity index (χ3v) is 5.90. The van der Waals surface area contributed by atoms with E-state index in [9.17, 15) is 19.8 Å². The van der Waals surface area contributed by atoms with Gasteiger partial charge in [0.25, 0.3) is 5.60 Å². The molecule has 2 heterocycles. The van der Waals surface area contributed by atoms with E-state index in [2.05, 4.69) is 15.0 Å². The molecule has 1 unspecified atom stereocenters. The largest absolute Gasteiger partial charge is 0.479 e. The van der Waals surface area contributed by atoms with Crippen LogP contribution in [-0.2, 0) is 32.0 Å². The molecule has 4 N–H and O–H groups in total. The lowest BCUT2D eigenvalue weighted by atomic mass is 9.93. The van der Waals surface area contributed by atoms with Crippen molar-refractivity contribution in [3.63, 3.8) is 0 Å². The molecule has 0 amide bonds. The number of benzene rings is 1. The second-order valence-corrected chi connectivity index (χ2v) is 8.14. The molecule has 2 aromatic heterocycles. The summed E-state index contributed by atoms with van der Waals surface area (Å²) in [6.45, 7) is 2.04. The molecule has 2 atom stereocenters. The molecule has 0 fully saturated rings. The molecule has 0 saturated heterocycles. The average molecular weight is 492 g/mol. The van der Waals surface area contributed by atoms with E-state index in [1.165, 1.54) is 7.11 Å². The summed E-state index contributed by atoms with van der Waals surface area (Å²) in [5, 5.41) is 19.6. The number of nitrogen functional groups attached to an aromatic ring is 1. The van der Waals surface area contributed by atoms with Gasteiger partial charge in [-0.1, -0.05) is 37.3 Å². The van der Waals surface area contributed by atoms with Crippen molar-refractivity contribution >= 4 is 40.5 Å². The molecule has 1 aromatic carbocycles. The van der Waals surface area contributed by atoms with Gasteiger partial charge in [-0.05, 0) is 23.6 Å². The quantitative estimate of drug-likeness (QED) is 0.253. The lowest BCUT2D eigenvalue weighted by molar-refractivity contribution is -0.189. The SMILES string of the molecule is CC[C@H](Cn1cnc2c(N)nc(Cl)nc21)C(COC(Cc1ccccc1)(C(=O)O)C(=O)O)OC. The monoisotopic (exact) mass is 491 g/mol. The number of hydrogen-bond donors (Lipinski definition) is 3. The van der Waals surface area contributed by atoms with Crippen LogP contribution in [0.1, 0.15) is 18.9 Å². The Bertz CT molecular complexity index is 1140. The van der Waals surface area contributed by atoms with Crippen LogP contribution in [0.4, 0.5) is 5.82 Å². The maximum absolute atomic E-state index is 12.1. The summed E-state index contributed by atoms with van der Waals surface area (Å²) in [4.78, 5) is 36.5. The fourth-order valence-electron chi connectivity index (χ4n) is 3.76. The third kappa shape index (κ3) is 5.27. The molecule has 12 heteroatoms. The fraction of sp³-hybridized carbons (Fsp3) is 0.409. The van der Waals surface area contributed by atoms with E-state index in [1.54, 1.807) is 41.2 Å². The van der Waals surface area contributed by atoms with Crippen molar-refractivity contribution in [1.29, 1.82) is 0 Å². The molecule has 0 aliphatic heterocycles. The van der Waals surface area contributed by atoms with Crippen LogP contribution >= 0.6 is 11.6 Å². The first kappa shape index (κ1) is 25.3. The van der Waals surface area contributed by atoms with Crippen molar-refractivity contribution in [2.24, 2.45) is 5.92 Å². The first-order valence-electron chi connectivity index (χ1n) is 10.5. The first-order chi connectivity index (χ1) is 16.2. The highest BCUT2D eigenvalue weighted by Gasteiger charge is 2.49. The van der Waals surface area contributed by atoms with Crippen molar-refractivity contribution in [1.82, 2.24) is 19.5 Å². The Morgan fingerprint density at radius 3 is 2.47 bits per heavy atom. The highest BCUT2D eigenvalue weighted by atomic mass is 35.5. The molecule has 0 radical (unpaired) electrons. The lowest BCUT2D eigenvalue weighted by Crippen LogP contribution is -2.52. The number of carboxylic acids is 2. The molecular formula is C22H26ClN5O6. The summed E-state index contributed by atoms with van der Waals surface area (Å²) in [7, 11) is 1.46. The number of methoxy groups -OCH3 is 1. The van der Waals surface area contributed by atoms with E-state index >= 15 is 0 Å². The van der Waals surface area contributed by atoms with Gasteiger partial charge >= 0.3 is 11.9 Å². The van der Waals surface area contributed by atoms with Gasteiger partial charge in [-0.3, -0.25) is 0 Å². The second kappa shape index (κ2) is 10.8. The highest BCUT2D eigenvalue weighted by molar-refractivity contribution is 6.28. The number of halogens is 1. The van der Waals surface area contributed by atoms with E-state index in [-0.39, 0.29) is 30.0 Å². The van der Waals surface area contributed by atoms with E-state index in [4.69, 9.17) is 26.8 Å². The van der Waals surface area contributed by atoms with Gasteiger partial charge in [0.2, 0.25) is 5.28 Å². The Morgan fingerprint density at radius 2 is 1.88 bits per heavy atom. The molecule has 0 spiro atoms. The van der Waals surface area contributed by atoms with Gasteiger partial charge in [-0.25, -0.2) is 14.6 Å². The van der Waals surface area contributed by atoms with E-state index < -0.39 is 23.6 Å². The predicted octanol–water partition coefficient (Wildman–Crippen LogP) is 2.27. The number of rotatable bonds is 12. The lowest BCUT2D eigenvalue weighted by Gasteiger charge is -2.30. The molecule has 34 heavy (non-hydrogen) atoms. The van der Waals surface area contributed by atoms with Gasteiger partial charge in [0.15, 0.2) is 11.5 Å². The minimum Gasteiger partial charge on any atom is -0.479 e. The maximum atomic E-state index is 12.1. The maximum Gasteiger partial charge on any atom is 0.348 e. The van der Waals surface area contributed by atoms with Crippen molar-refractivity contribution in [3.05, 3.63) is 47.5 Å². The van der Waals surface area contributed by atoms with Crippen LogP contribution in [0.2, 0.25) is 5.28 Å². The van der Waals surface area contributed by atoms with Gasteiger partial charge in [-0.15, -0.1) is 0 Å². The minimum absolute atomic E-state index is 0.0139. The van der Waals surface area contributed by atoms with Gasteiger partial charge in [-0.2, -0.15) is 9.97 Å². The van der Waals surface area contributed by atoms with Gasteiger partial charge in [0, 0.05) is 26.0 Å². The Kier molecular flexibility index (Phi) is 8.02. The normalized spacial score (nSPS) is 13.6. The zero-order valence-corrected chi connectivity index (χ0v) is 19.5. The number of carbonyl (C=O) groups is 2. The van der Waals surface area contributed by atoms with Crippen LogP contribution < -0.4 is 5.73 Å². The van der Waals surface area contributed by atoms with Crippen molar-refractivity contribution in [2.75, 3.05) is 19.5 Å². The van der Waals surface area contributed by atoms with E-state index in [0.29, 0.717) is 29.7 Å². The average Bonchev–Trinajstić information content (AvgIpc) is 3.20. The molecule has 3 rings (SSSR count). The summed E-state index contributed by atoms with van der Waals surface area (Å²) in [5.41, 5.74) is 4.77. The van der Waals surface area contributed by atoms with E-state index in [0.717, 1.165) is 0 Å². The Balaban J connectivity index is 1.82. The zero-order valence-electron chi connectivity index (χ0n) is 18.7. The molecule has 182 valence electrons. The standard InChI is InChI=1S/C22H26ClN5O6/c1-3-14(10-28-12-25-16-17(24)26-21(23)27-18(16)28)15(33-2)11-34-22(19(29)30,20(31)32)9-13-7-5-4-6-8-13/h4-8,12,14-15H,3,9-11H2,1-2H3,(H,29,30)(H,31,32)(H2,24,26,27)/t14-,15?/m1/s1. The summed E-state index contributed by atoms with van der Waals surface area (Å²) < 4.78 is 13.0. The van der Waals surface area contributed by atoms with Gasteiger partial charge in [0.05, 0.1) is 19.0 Å². The van der Waals surface area contributed by atoms with Gasteiger partial charge < -0.3 is 30.0 Å². The number of nitrogens with two attached hydrogens (primary N) is 1.